The van der Waals surface area contributed by atoms with E-state index in [9.17, 15) is 27.9 Å². The smallest absolute Gasteiger partial charge is 0.396 e. The zero-order valence-electron chi connectivity index (χ0n) is 19.8. The van der Waals surface area contributed by atoms with Crippen LogP contribution in [-0.2, 0) is 30.5 Å². The van der Waals surface area contributed by atoms with E-state index in [4.69, 9.17) is 0 Å². The molecule has 0 saturated carbocycles. The van der Waals surface area contributed by atoms with Gasteiger partial charge in [0.15, 0.2) is 0 Å². The average Bonchev–Trinajstić information content (AvgIpc) is 2.82. The van der Waals surface area contributed by atoms with Crippen molar-refractivity contribution in [1.82, 2.24) is 14.9 Å². The van der Waals surface area contributed by atoms with Gasteiger partial charge >= 0.3 is 6.18 Å². The van der Waals surface area contributed by atoms with Crippen LogP contribution >= 0.6 is 0 Å². The zero-order chi connectivity index (χ0) is 25.8. The second-order valence-corrected chi connectivity index (χ2v) is 8.61. The lowest BCUT2D eigenvalue weighted by Crippen LogP contribution is -2.35. The van der Waals surface area contributed by atoms with Gasteiger partial charge in [-0.3, -0.25) is 14.2 Å². The fourth-order valence-electron chi connectivity index (χ4n) is 3.70. The number of carbonyl (C=O) groups is 1. The van der Waals surface area contributed by atoms with Crippen molar-refractivity contribution in [3.05, 3.63) is 86.8 Å². The lowest BCUT2D eigenvalue weighted by atomic mass is 10.0. The van der Waals surface area contributed by atoms with Gasteiger partial charge in [-0.05, 0) is 36.1 Å². The summed E-state index contributed by atoms with van der Waals surface area (Å²) in [5.41, 5.74) is 1.59. The molecule has 0 bridgehead atoms. The van der Waals surface area contributed by atoms with E-state index >= 15 is 0 Å². The Morgan fingerprint density at radius 3 is 2.26 bits per heavy atom. The van der Waals surface area contributed by atoms with Crippen molar-refractivity contribution in [3.8, 4) is 11.4 Å². The highest BCUT2D eigenvalue weighted by Crippen LogP contribution is 2.30. The first-order valence-electron chi connectivity index (χ1n) is 11.3. The minimum atomic E-state index is -4.50. The van der Waals surface area contributed by atoms with Crippen LogP contribution < -0.4 is 10.9 Å². The molecule has 0 aliphatic carbocycles. The van der Waals surface area contributed by atoms with Crippen molar-refractivity contribution >= 4 is 5.91 Å². The molecule has 0 saturated heterocycles. The molecular formula is C26H28F3N3O3. The van der Waals surface area contributed by atoms with Crippen molar-refractivity contribution in [2.24, 2.45) is 0 Å². The van der Waals surface area contributed by atoms with E-state index in [0.717, 1.165) is 22.3 Å². The van der Waals surface area contributed by atoms with Gasteiger partial charge in [-0.1, -0.05) is 50.2 Å². The minimum Gasteiger partial charge on any atom is -0.396 e. The van der Waals surface area contributed by atoms with Crippen LogP contribution in [0.5, 0.6) is 0 Å². The van der Waals surface area contributed by atoms with E-state index in [2.05, 4.69) is 24.1 Å². The van der Waals surface area contributed by atoms with Crippen LogP contribution in [0.2, 0.25) is 0 Å². The maximum absolute atomic E-state index is 13.2. The number of aromatic nitrogens is 2. The van der Waals surface area contributed by atoms with Crippen LogP contribution in [-0.4, -0.2) is 27.2 Å². The highest BCUT2D eigenvalue weighted by Gasteiger charge is 2.30. The van der Waals surface area contributed by atoms with Gasteiger partial charge in [0.2, 0.25) is 5.91 Å². The molecular weight excluding hydrogens is 459 g/mol. The summed E-state index contributed by atoms with van der Waals surface area (Å²) in [5, 5.41) is 12.1. The number of halogens is 3. The molecule has 2 N–H and O–H groups in total. The summed E-state index contributed by atoms with van der Waals surface area (Å²) in [6.07, 6.45) is -4.45. The van der Waals surface area contributed by atoms with Gasteiger partial charge < -0.3 is 10.4 Å². The van der Waals surface area contributed by atoms with Gasteiger partial charge in [-0.15, -0.1) is 0 Å². The SMILES string of the molecule is Cc1nc(-c2ccc(C(F)(F)F)cc2)n(CC(=O)NCc2ccc(C(C)C)cc2)c(=O)c1CCO. The Morgan fingerprint density at radius 2 is 1.71 bits per heavy atom. The Morgan fingerprint density at radius 1 is 1.09 bits per heavy atom. The number of aliphatic hydroxyl groups is 1. The summed E-state index contributed by atoms with van der Waals surface area (Å²) in [4.78, 5) is 30.3. The highest BCUT2D eigenvalue weighted by molar-refractivity contribution is 5.76. The molecule has 3 aromatic rings. The number of hydrogen-bond donors (Lipinski definition) is 2. The molecule has 0 atom stereocenters. The third-order valence-electron chi connectivity index (χ3n) is 5.74. The second kappa shape index (κ2) is 10.9. The topological polar surface area (TPSA) is 84.2 Å². The molecule has 6 nitrogen and oxygen atoms in total. The Kier molecular flexibility index (Phi) is 8.11. The maximum atomic E-state index is 13.2. The number of rotatable bonds is 8. The van der Waals surface area contributed by atoms with Gasteiger partial charge in [-0.2, -0.15) is 13.2 Å². The number of aryl methyl sites for hydroxylation is 1. The molecule has 3 rings (SSSR count). The molecule has 1 aromatic heterocycles. The Hall–Kier alpha value is -3.46. The summed E-state index contributed by atoms with van der Waals surface area (Å²) in [6, 6.07) is 12.1. The van der Waals surface area contributed by atoms with Crippen LogP contribution in [0.1, 0.15) is 47.7 Å². The standard InChI is InChI=1S/C26H28F3N3O3/c1-16(2)19-6-4-18(5-7-19)14-30-23(34)15-32-24(31-17(3)22(12-13-33)25(32)35)20-8-10-21(11-9-20)26(27,28)29/h4-11,16,33H,12-15H2,1-3H3,(H,30,34). The van der Waals surface area contributed by atoms with Crippen LogP contribution in [0.4, 0.5) is 13.2 Å². The van der Waals surface area contributed by atoms with Crippen molar-refractivity contribution in [2.45, 2.75) is 52.4 Å². The molecule has 2 aromatic carbocycles. The number of nitrogens with zero attached hydrogens (tertiary/aromatic N) is 2. The lowest BCUT2D eigenvalue weighted by Gasteiger charge is -2.16. The molecule has 1 heterocycles. The molecule has 0 aliphatic heterocycles. The van der Waals surface area contributed by atoms with Gasteiger partial charge in [-0.25, -0.2) is 4.98 Å². The monoisotopic (exact) mass is 487 g/mol. The molecule has 9 heteroatoms. The first kappa shape index (κ1) is 26.2. The van der Waals surface area contributed by atoms with E-state index in [1.165, 1.54) is 17.7 Å². The van der Waals surface area contributed by atoms with E-state index in [1.54, 1.807) is 6.92 Å². The third kappa shape index (κ3) is 6.36. The van der Waals surface area contributed by atoms with Crippen molar-refractivity contribution < 1.29 is 23.1 Å². The van der Waals surface area contributed by atoms with Gasteiger partial charge in [0.1, 0.15) is 12.4 Å². The van der Waals surface area contributed by atoms with Crippen molar-refractivity contribution in [1.29, 1.82) is 0 Å². The summed E-state index contributed by atoms with van der Waals surface area (Å²) in [5.74, 6) is 0.0180. The summed E-state index contributed by atoms with van der Waals surface area (Å²) in [7, 11) is 0. The highest BCUT2D eigenvalue weighted by atomic mass is 19.4. The summed E-state index contributed by atoms with van der Waals surface area (Å²) in [6.45, 7) is 5.36. The molecule has 186 valence electrons. The number of nitrogens with one attached hydrogen (secondary N) is 1. The largest absolute Gasteiger partial charge is 0.416 e. The Bertz CT molecular complexity index is 1230. The second-order valence-electron chi connectivity index (χ2n) is 8.61. The van der Waals surface area contributed by atoms with E-state index in [-0.39, 0.29) is 43.1 Å². The lowest BCUT2D eigenvalue weighted by molar-refractivity contribution is -0.137. The molecule has 0 aliphatic rings. The first-order chi connectivity index (χ1) is 16.5. The normalized spacial score (nSPS) is 11.7. The molecule has 35 heavy (non-hydrogen) atoms. The Balaban J connectivity index is 1.89. The average molecular weight is 488 g/mol. The van der Waals surface area contributed by atoms with E-state index in [0.29, 0.717) is 11.6 Å². The van der Waals surface area contributed by atoms with Gasteiger partial charge in [0.05, 0.1) is 5.56 Å². The number of benzene rings is 2. The fourth-order valence-corrected chi connectivity index (χ4v) is 3.70. The van der Waals surface area contributed by atoms with E-state index in [1.807, 2.05) is 24.3 Å². The third-order valence-corrected chi connectivity index (χ3v) is 5.74. The first-order valence-corrected chi connectivity index (χ1v) is 11.3. The number of alkyl halides is 3. The molecule has 0 unspecified atom stereocenters. The number of aliphatic hydroxyl groups excluding tert-OH is 1. The van der Waals surface area contributed by atoms with Crippen molar-refractivity contribution in [3.63, 3.8) is 0 Å². The van der Waals surface area contributed by atoms with Crippen LogP contribution in [0.3, 0.4) is 0 Å². The molecule has 1 amide bonds. The van der Waals surface area contributed by atoms with Crippen LogP contribution in [0.25, 0.3) is 11.4 Å². The van der Waals surface area contributed by atoms with Gasteiger partial charge in [0.25, 0.3) is 5.56 Å². The molecule has 0 fully saturated rings. The predicted octanol–water partition coefficient (Wildman–Crippen LogP) is 4.21. The number of hydrogen-bond acceptors (Lipinski definition) is 4. The molecule has 0 spiro atoms. The number of carbonyl (C=O) groups excluding carboxylic acids is 1. The quantitative estimate of drug-likeness (QED) is 0.499. The minimum absolute atomic E-state index is 0.0504. The van der Waals surface area contributed by atoms with Gasteiger partial charge in [0, 0.05) is 36.4 Å². The van der Waals surface area contributed by atoms with Crippen LogP contribution in [0, 0.1) is 6.92 Å². The van der Waals surface area contributed by atoms with E-state index < -0.39 is 23.2 Å². The predicted molar refractivity (Wildman–Crippen MR) is 127 cm³/mol. The Labute approximate surface area is 201 Å². The zero-order valence-corrected chi connectivity index (χ0v) is 19.8. The summed E-state index contributed by atoms with van der Waals surface area (Å²) < 4.78 is 40.1. The number of amides is 1. The molecule has 0 radical (unpaired) electrons. The fraction of sp³-hybridized carbons (Fsp3) is 0.346. The summed E-state index contributed by atoms with van der Waals surface area (Å²) >= 11 is 0. The van der Waals surface area contributed by atoms with Crippen molar-refractivity contribution in [2.75, 3.05) is 6.61 Å². The van der Waals surface area contributed by atoms with Crippen LogP contribution in [0.15, 0.2) is 53.3 Å². The maximum Gasteiger partial charge on any atom is 0.416 e.